The van der Waals surface area contributed by atoms with Gasteiger partial charge in [-0.15, -0.1) is 0 Å². The van der Waals surface area contributed by atoms with E-state index in [0.29, 0.717) is 0 Å². The Morgan fingerprint density at radius 1 is 1.31 bits per heavy atom. The van der Waals surface area contributed by atoms with Crippen molar-refractivity contribution in [2.24, 2.45) is 0 Å². The first-order chi connectivity index (χ1) is 6.27. The highest BCUT2D eigenvalue weighted by atomic mass is 14.0. The van der Waals surface area contributed by atoms with Crippen LogP contribution in [0.25, 0.3) is 5.57 Å². The van der Waals surface area contributed by atoms with Crippen LogP contribution in [0.15, 0.2) is 55.7 Å². The summed E-state index contributed by atoms with van der Waals surface area (Å²) in [6, 6.07) is 8.34. The molecule has 66 valence electrons. The second-order valence-electron chi connectivity index (χ2n) is 2.93. The summed E-state index contributed by atoms with van der Waals surface area (Å²) in [6.07, 6.45) is 5.58. The standard InChI is InChI=1S/C13H14/c1-4-7-12(5-2)13-9-6-8-11(3)10-13/h4-10H,1-2H2,3H3/b12-7+. The van der Waals surface area contributed by atoms with Crippen LogP contribution in [0.1, 0.15) is 11.1 Å². The van der Waals surface area contributed by atoms with Gasteiger partial charge in [0.1, 0.15) is 0 Å². The maximum absolute atomic E-state index is 3.77. The van der Waals surface area contributed by atoms with Crippen LogP contribution >= 0.6 is 0 Å². The van der Waals surface area contributed by atoms with Crippen LogP contribution in [0.3, 0.4) is 0 Å². The van der Waals surface area contributed by atoms with Crippen LogP contribution in [0.2, 0.25) is 0 Å². The largest absolute Gasteiger partial charge is 0.0990 e. The minimum atomic E-state index is 1.11. The Morgan fingerprint density at radius 2 is 2.08 bits per heavy atom. The zero-order valence-electron chi connectivity index (χ0n) is 7.96. The predicted octanol–water partition coefficient (Wildman–Crippen LogP) is 3.75. The van der Waals surface area contributed by atoms with Gasteiger partial charge >= 0.3 is 0 Å². The van der Waals surface area contributed by atoms with Crippen molar-refractivity contribution >= 4 is 5.57 Å². The van der Waals surface area contributed by atoms with Crippen molar-refractivity contribution in [3.63, 3.8) is 0 Å². The van der Waals surface area contributed by atoms with Gasteiger partial charge in [0, 0.05) is 0 Å². The predicted molar refractivity (Wildman–Crippen MR) is 59.6 cm³/mol. The van der Waals surface area contributed by atoms with Crippen molar-refractivity contribution in [2.45, 2.75) is 6.92 Å². The quantitative estimate of drug-likeness (QED) is 0.606. The first-order valence-electron chi connectivity index (χ1n) is 4.30. The summed E-state index contributed by atoms with van der Waals surface area (Å²) in [4.78, 5) is 0. The van der Waals surface area contributed by atoms with Crippen LogP contribution in [0.5, 0.6) is 0 Å². The van der Waals surface area contributed by atoms with Crippen LogP contribution < -0.4 is 0 Å². The number of rotatable bonds is 3. The molecule has 0 bridgehead atoms. The van der Waals surface area contributed by atoms with E-state index in [9.17, 15) is 0 Å². The summed E-state index contributed by atoms with van der Waals surface area (Å²) >= 11 is 0. The summed E-state index contributed by atoms with van der Waals surface area (Å²) < 4.78 is 0. The molecule has 0 heteroatoms. The number of allylic oxidation sites excluding steroid dienone is 4. The van der Waals surface area contributed by atoms with Crippen molar-refractivity contribution in [3.8, 4) is 0 Å². The van der Waals surface area contributed by atoms with Gasteiger partial charge in [-0.1, -0.05) is 61.2 Å². The summed E-state index contributed by atoms with van der Waals surface area (Å²) in [5.74, 6) is 0. The highest BCUT2D eigenvalue weighted by Crippen LogP contribution is 2.16. The first kappa shape index (κ1) is 9.53. The lowest BCUT2D eigenvalue weighted by molar-refractivity contribution is 1.45. The molecule has 0 unspecified atom stereocenters. The Labute approximate surface area is 79.9 Å². The highest BCUT2D eigenvalue weighted by molar-refractivity contribution is 5.74. The third-order valence-electron chi connectivity index (χ3n) is 1.87. The lowest BCUT2D eigenvalue weighted by Crippen LogP contribution is -1.81. The molecule has 0 radical (unpaired) electrons. The van der Waals surface area contributed by atoms with Gasteiger partial charge in [0.2, 0.25) is 0 Å². The fourth-order valence-corrected chi connectivity index (χ4v) is 1.23. The van der Waals surface area contributed by atoms with Gasteiger partial charge in [-0.2, -0.15) is 0 Å². The van der Waals surface area contributed by atoms with Crippen molar-refractivity contribution in [1.29, 1.82) is 0 Å². The second-order valence-corrected chi connectivity index (χ2v) is 2.93. The Balaban J connectivity index is 3.12. The molecule has 1 aromatic rings. The van der Waals surface area contributed by atoms with Crippen LogP contribution in [-0.2, 0) is 0 Å². The molecule has 0 heterocycles. The number of benzene rings is 1. The molecular formula is C13H14. The fraction of sp³-hybridized carbons (Fsp3) is 0.0769. The summed E-state index contributed by atoms with van der Waals surface area (Å²) in [5, 5.41) is 0. The van der Waals surface area contributed by atoms with Gasteiger partial charge in [-0.3, -0.25) is 0 Å². The Hall–Kier alpha value is -1.56. The number of hydrogen-bond acceptors (Lipinski definition) is 0. The normalized spacial score (nSPS) is 11.0. The zero-order valence-corrected chi connectivity index (χ0v) is 7.96. The van der Waals surface area contributed by atoms with E-state index in [1.165, 1.54) is 11.1 Å². The molecule has 0 nitrogen and oxygen atoms in total. The molecule has 13 heavy (non-hydrogen) atoms. The van der Waals surface area contributed by atoms with Gasteiger partial charge in [-0.05, 0) is 18.1 Å². The van der Waals surface area contributed by atoms with Crippen molar-refractivity contribution in [2.75, 3.05) is 0 Å². The Kier molecular flexibility index (Phi) is 3.27. The van der Waals surface area contributed by atoms with E-state index < -0.39 is 0 Å². The monoisotopic (exact) mass is 170 g/mol. The van der Waals surface area contributed by atoms with E-state index in [2.05, 4.69) is 38.3 Å². The molecule has 1 aromatic carbocycles. The molecule has 0 atom stereocenters. The molecule has 0 fully saturated rings. The SMILES string of the molecule is C=C/C=C(\C=C)c1cccc(C)c1. The van der Waals surface area contributed by atoms with Gasteiger partial charge in [0.25, 0.3) is 0 Å². The second kappa shape index (κ2) is 4.46. The molecule has 0 spiro atoms. The zero-order chi connectivity index (χ0) is 9.68. The molecule has 0 saturated heterocycles. The van der Waals surface area contributed by atoms with Crippen LogP contribution in [0.4, 0.5) is 0 Å². The third-order valence-corrected chi connectivity index (χ3v) is 1.87. The average Bonchev–Trinajstić information content (AvgIpc) is 2.14. The number of aryl methyl sites for hydroxylation is 1. The maximum atomic E-state index is 3.77. The lowest BCUT2D eigenvalue weighted by atomic mass is 10.0. The van der Waals surface area contributed by atoms with E-state index in [-0.39, 0.29) is 0 Å². The molecular weight excluding hydrogens is 156 g/mol. The van der Waals surface area contributed by atoms with Gasteiger partial charge < -0.3 is 0 Å². The molecule has 0 aromatic heterocycles. The molecule has 0 N–H and O–H groups in total. The van der Waals surface area contributed by atoms with Gasteiger partial charge in [0.15, 0.2) is 0 Å². The minimum absolute atomic E-state index is 1.11. The number of hydrogen-bond donors (Lipinski definition) is 0. The van der Waals surface area contributed by atoms with E-state index >= 15 is 0 Å². The van der Waals surface area contributed by atoms with Crippen LogP contribution in [-0.4, -0.2) is 0 Å². The van der Waals surface area contributed by atoms with Gasteiger partial charge in [0.05, 0.1) is 0 Å². The van der Waals surface area contributed by atoms with Gasteiger partial charge in [-0.25, -0.2) is 0 Å². The fourth-order valence-electron chi connectivity index (χ4n) is 1.23. The highest BCUT2D eigenvalue weighted by Gasteiger charge is 1.95. The molecule has 0 aliphatic carbocycles. The molecule has 1 rings (SSSR count). The van der Waals surface area contributed by atoms with E-state index in [1.807, 2.05) is 18.2 Å². The van der Waals surface area contributed by atoms with Crippen LogP contribution in [0, 0.1) is 6.92 Å². The van der Waals surface area contributed by atoms with Crippen molar-refractivity contribution in [1.82, 2.24) is 0 Å². The summed E-state index contributed by atoms with van der Waals surface area (Å²) in [6.45, 7) is 9.52. The molecule has 0 aliphatic heterocycles. The Morgan fingerprint density at radius 3 is 2.62 bits per heavy atom. The summed E-state index contributed by atoms with van der Waals surface area (Å²) in [7, 11) is 0. The summed E-state index contributed by atoms with van der Waals surface area (Å²) in [5.41, 5.74) is 3.56. The molecule has 0 amide bonds. The van der Waals surface area contributed by atoms with E-state index in [0.717, 1.165) is 5.57 Å². The molecule has 0 saturated carbocycles. The maximum Gasteiger partial charge on any atom is -0.0182 e. The smallest absolute Gasteiger partial charge is 0.0182 e. The third kappa shape index (κ3) is 2.45. The first-order valence-corrected chi connectivity index (χ1v) is 4.30. The lowest BCUT2D eigenvalue weighted by Gasteiger charge is -2.02. The minimum Gasteiger partial charge on any atom is -0.0990 e. The van der Waals surface area contributed by atoms with Crippen molar-refractivity contribution < 1.29 is 0 Å². The Bertz CT molecular complexity index is 343. The van der Waals surface area contributed by atoms with Crippen molar-refractivity contribution in [3.05, 3.63) is 66.8 Å². The van der Waals surface area contributed by atoms with E-state index in [4.69, 9.17) is 0 Å². The van der Waals surface area contributed by atoms with E-state index in [1.54, 1.807) is 6.08 Å². The average molecular weight is 170 g/mol. The molecule has 0 aliphatic rings. The topological polar surface area (TPSA) is 0 Å².